The number of carbonyl (C=O) groups is 1. The number of amides is 1. The van der Waals surface area contributed by atoms with E-state index in [2.05, 4.69) is 29.5 Å². The first kappa shape index (κ1) is 15.5. The minimum atomic E-state index is -0.103. The molecule has 0 heterocycles. The largest absolute Gasteiger partial charge is 0.351 e. The third-order valence-electron chi connectivity index (χ3n) is 3.21. The van der Waals surface area contributed by atoms with Crippen molar-refractivity contribution < 1.29 is 4.79 Å². The second kappa shape index (κ2) is 7.11. The van der Waals surface area contributed by atoms with E-state index in [4.69, 9.17) is 5.84 Å². The molecular formula is C14H24N4O. The van der Waals surface area contributed by atoms with Crippen molar-refractivity contribution in [1.82, 2.24) is 10.2 Å². The summed E-state index contributed by atoms with van der Waals surface area (Å²) in [7, 11) is 2.04. The molecule has 0 spiro atoms. The summed E-state index contributed by atoms with van der Waals surface area (Å²) in [6.45, 7) is 7.63. The number of hydrogen-bond donors (Lipinski definition) is 3. The summed E-state index contributed by atoms with van der Waals surface area (Å²) in [5.41, 5.74) is 4.80. The van der Waals surface area contributed by atoms with E-state index in [-0.39, 0.29) is 5.91 Å². The minimum absolute atomic E-state index is 0.103. The molecule has 19 heavy (non-hydrogen) atoms. The Morgan fingerprint density at radius 2 is 2.11 bits per heavy atom. The van der Waals surface area contributed by atoms with Gasteiger partial charge in [-0.1, -0.05) is 11.6 Å². The van der Waals surface area contributed by atoms with E-state index in [9.17, 15) is 4.79 Å². The van der Waals surface area contributed by atoms with Crippen LogP contribution in [0.5, 0.6) is 0 Å². The van der Waals surface area contributed by atoms with Crippen LogP contribution in [0.15, 0.2) is 18.2 Å². The number of hydrogen-bond acceptors (Lipinski definition) is 4. The lowest BCUT2D eigenvalue weighted by molar-refractivity contribution is 0.0948. The van der Waals surface area contributed by atoms with E-state index in [1.807, 2.05) is 32.2 Å². The van der Waals surface area contributed by atoms with E-state index in [1.165, 1.54) is 0 Å². The second-order valence-corrected chi connectivity index (χ2v) is 5.02. The number of hydrazine groups is 1. The van der Waals surface area contributed by atoms with Crippen molar-refractivity contribution in [2.24, 2.45) is 5.84 Å². The summed E-state index contributed by atoms with van der Waals surface area (Å²) in [5.74, 6) is 5.31. The Morgan fingerprint density at radius 1 is 1.42 bits per heavy atom. The van der Waals surface area contributed by atoms with Crippen LogP contribution in [0.3, 0.4) is 0 Å². The van der Waals surface area contributed by atoms with Crippen LogP contribution >= 0.6 is 0 Å². The van der Waals surface area contributed by atoms with Crippen LogP contribution in [0, 0.1) is 6.92 Å². The number of nitrogens with one attached hydrogen (secondary N) is 2. The third kappa shape index (κ3) is 4.54. The van der Waals surface area contributed by atoms with Gasteiger partial charge in [-0.2, -0.15) is 0 Å². The first-order valence-corrected chi connectivity index (χ1v) is 6.51. The standard InChI is InChI=1S/C14H24N4O/c1-10(2)18(4)8-7-16-14(19)12-9-11(3)5-6-13(12)17-15/h5-6,9-10,17H,7-8,15H2,1-4H3,(H,16,19). The van der Waals surface area contributed by atoms with Crippen LogP contribution in [-0.4, -0.2) is 37.0 Å². The molecule has 0 bridgehead atoms. The number of nitrogens with two attached hydrogens (primary N) is 1. The number of carbonyl (C=O) groups excluding carboxylic acids is 1. The van der Waals surface area contributed by atoms with Crippen molar-refractivity contribution in [2.45, 2.75) is 26.8 Å². The highest BCUT2D eigenvalue weighted by Crippen LogP contribution is 2.15. The Labute approximate surface area is 115 Å². The van der Waals surface area contributed by atoms with Gasteiger partial charge in [-0.3, -0.25) is 10.6 Å². The number of rotatable bonds is 6. The summed E-state index contributed by atoms with van der Waals surface area (Å²) >= 11 is 0. The molecule has 5 heteroatoms. The maximum Gasteiger partial charge on any atom is 0.253 e. The zero-order valence-corrected chi connectivity index (χ0v) is 12.2. The lowest BCUT2D eigenvalue weighted by atomic mass is 10.1. The van der Waals surface area contributed by atoms with Gasteiger partial charge in [-0.15, -0.1) is 0 Å². The van der Waals surface area contributed by atoms with Crippen molar-refractivity contribution in [3.05, 3.63) is 29.3 Å². The molecule has 0 radical (unpaired) electrons. The molecule has 1 aromatic carbocycles. The fourth-order valence-corrected chi connectivity index (χ4v) is 1.67. The average molecular weight is 264 g/mol. The molecule has 0 saturated carbocycles. The predicted molar refractivity (Wildman–Crippen MR) is 79.1 cm³/mol. The smallest absolute Gasteiger partial charge is 0.253 e. The van der Waals surface area contributed by atoms with Crippen LogP contribution in [0.1, 0.15) is 29.8 Å². The molecule has 0 aliphatic heterocycles. The van der Waals surface area contributed by atoms with Gasteiger partial charge in [0.05, 0.1) is 11.3 Å². The van der Waals surface area contributed by atoms with Crippen molar-refractivity contribution in [3.63, 3.8) is 0 Å². The van der Waals surface area contributed by atoms with Crippen molar-refractivity contribution in [2.75, 3.05) is 25.6 Å². The topological polar surface area (TPSA) is 70.4 Å². The van der Waals surface area contributed by atoms with Crippen LogP contribution in [0.25, 0.3) is 0 Å². The summed E-state index contributed by atoms with van der Waals surface area (Å²) in [4.78, 5) is 14.3. The van der Waals surface area contributed by atoms with Gasteiger partial charge in [0, 0.05) is 19.1 Å². The summed E-state index contributed by atoms with van der Waals surface area (Å²) < 4.78 is 0. The lowest BCUT2D eigenvalue weighted by Gasteiger charge is -2.21. The van der Waals surface area contributed by atoms with Crippen LogP contribution in [0.4, 0.5) is 5.69 Å². The Kier molecular flexibility index (Phi) is 5.79. The summed E-state index contributed by atoms with van der Waals surface area (Å²) in [5, 5.41) is 2.91. The maximum atomic E-state index is 12.1. The van der Waals surface area contributed by atoms with Crippen molar-refractivity contribution >= 4 is 11.6 Å². The number of anilines is 1. The highest BCUT2D eigenvalue weighted by Gasteiger charge is 2.11. The van der Waals surface area contributed by atoms with Gasteiger partial charge in [0.2, 0.25) is 0 Å². The van der Waals surface area contributed by atoms with Gasteiger partial charge in [-0.05, 0) is 40.0 Å². The van der Waals surface area contributed by atoms with Gasteiger partial charge in [-0.25, -0.2) is 0 Å². The molecule has 0 atom stereocenters. The number of benzene rings is 1. The highest BCUT2D eigenvalue weighted by molar-refractivity contribution is 5.99. The normalized spacial score (nSPS) is 10.9. The third-order valence-corrected chi connectivity index (χ3v) is 3.21. The van der Waals surface area contributed by atoms with Gasteiger partial charge >= 0.3 is 0 Å². The summed E-state index contributed by atoms with van der Waals surface area (Å²) in [6, 6.07) is 6.02. The number of nitrogens with zero attached hydrogens (tertiary/aromatic N) is 1. The maximum absolute atomic E-state index is 12.1. The first-order chi connectivity index (χ1) is 8.95. The molecule has 0 aromatic heterocycles. The summed E-state index contributed by atoms with van der Waals surface area (Å²) in [6.07, 6.45) is 0. The molecule has 1 amide bonds. The quantitative estimate of drug-likeness (QED) is 0.536. The Bertz CT molecular complexity index is 431. The predicted octanol–water partition coefficient (Wildman–Crippen LogP) is 1.35. The lowest BCUT2D eigenvalue weighted by Crippen LogP contribution is -2.36. The monoisotopic (exact) mass is 264 g/mol. The molecule has 0 fully saturated rings. The van der Waals surface area contributed by atoms with E-state index in [0.29, 0.717) is 23.8 Å². The zero-order chi connectivity index (χ0) is 14.4. The van der Waals surface area contributed by atoms with Crippen LogP contribution < -0.4 is 16.6 Å². The molecule has 0 aliphatic rings. The minimum Gasteiger partial charge on any atom is -0.351 e. The van der Waals surface area contributed by atoms with Crippen molar-refractivity contribution in [3.8, 4) is 0 Å². The molecule has 0 unspecified atom stereocenters. The fraction of sp³-hybridized carbons (Fsp3) is 0.500. The fourth-order valence-electron chi connectivity index (χ4n) is 1.67. The van der Waals surface area contributed by atoms with E-state index in [1.54, 1.807) is 0 Å². The average Bonchev–Trinajstić information content (AvgIpc) is 2.38. The molecule has 0 saturated heterocycles. The molecule has 0 aliphatic carbocycles. The van der Waals surface area contributed by atoms with Gasteiger partial charge < -0.3 is 15.6 Å². The zero-order valence-electron chi connectivity index (χ0n) is 12.2. The Morgan fingerprint density at radius 3 is 2.68 bits per heavy atom. The number of nitrogen functional groups attached to an aromatic ring is 1. The Balaban J connectivity index is 2.61. The van der Waals surface area contributed by atoms with E-state index < -0.39 is 0 Å². The van der Waals surface area contributed by atoms with Gasteiger partial charge in [0.15, 0.2) is 0 Å². The molecule has 1 rings (SSSR count). The molecule has 106 valence electrons. The van der Waals surface area contributed by atoms with E-state index in [0.717, 1.165) is 12.1 Å². The molecule has 4 N–H and O–H groups in total. The number of likely N-dealkylation sites (N-methyl/N-ethyl adjacent to an activating group) is 1. The van der Waals surface area contributed by atoms with Gasteiger partial charge in [0.1, 0.15) is 0 Å². The number of aryl methyl sites for hydroxylation is 1. The first-order valence-electron chi connectivity index (χ1n) is 6.51. The molecular weight excluding hydrogens is 240 g/mol. The Hall–Kier alpha value is -1.59. The van der Waals surface area contributed by atoms with E-state index >= 15 is 0 Å². The second-order valence-electron chi connectivity index (χ2n) is 5.02. The highest BCUT2D eigenvalue weighted by atomic mass is 16.1. The van der Waals surface area contributed by atoms with Crippen LogP contribution in [0.2, 0.25) is 0 Å². The van der Waals surface area contributed by atoms with Gasteiger partial charge in [0.25, 0.3) is 5.91 Å². The SMILES string of the molecule is Cc1ccc(NN)c(C(=O)NCCN(C)C(C)C)c1. The molecule has 1 aromatic rings. The van der Waals surface area contributed by atoms with Crippen molar-refractivity contribution in [1.29, 1.82) is 0 Å². The molecule has 5 nitrogen and oxygen atoms in total. The van der Waals surface area contributed by atoms with Crippen LogP contribution in [-0.2, 0) is 0 Å².